The number of hydrogen-bond donors (Lipinski definition) is 2. The number of carbonyl (C=O) groups excluding carboxylic acids is 1. The molecule has 1 rings (SSSR count). The summed E-state index contributed by atoms with van der Waals surface area (Å²) in [5.41, 5.74) is 6.30. The van der Waals surface area contributed by atoms with Crippen LogP contribution in [0.4, 0.5) is 4.39 Å². The van der Waals surface area contributed by atoms with E-state index in [2.05, 4.69) is 5.32 Å². The molecule has 0 bridgehead atoms. The molecule has 0 heterocycles. The summed E-state index contributed by atoms with van der Waals surface area (Å²) >= 11 is 0. The molecule has 106 valence electrons. The van der Waals surface area contributed by atoms with E-state index in [9.17, 15) is 9.18 Å². The molecular formula is C14H21FN2O2. The van der Waals surface area contributed by atoms with Crippen LogP contribution in [0.3, 0.4) is 0 Å². The van der Waals surface area contributed by atoms with Crippen LogP contribution in [0.1, 0.15) is 38.8 Å². The summed E-state index contributed by atoms with van der Waals surface area (Å²) < 4.78 is 18.5. The van der Waals surface area contributed by atoms with Gasteiger partial charge in [-0.15, -0.1) is 0 Å². The summed E-state index contributed by atoms with van der Waals surface area (Å²) in [6.07, 6.45) is 0.855. The predicted octanol–water partition coefficient (Wildman–Crippen LogP) is 2.14. The Hall–Kier alpha value is -1.62. The topological polar surface area (TPSA) is 64.3 Å². The molecule has 4 nitrogen and oxygen atoms in total. The van der Waals surface area contributed by atoms with Crippen molar-refractivity contribution in [3.8, 4) is 5.75 Å². The van der Waals surface area contributed by atoms with Crippen molar-refractivity contribution in [2.24, 2.45) is 5.73 Å². The summed E-state index contributed by atoms with van der Waals surface area (Å²) in [6, 6.07) is 3.85. The SMILES string of the molecule is CCC(C)NC(=O)COc1ccc(F)cc1[C@@H](C)N. The number of rotatable bonds is 6. The van der Waals surface area contributed by atoms with Gasteiger partial charge in [-0.3, -0.25) is 4.79 Å². The number of benzene rings is 1. The first-order valence-electron chi connectivity index (χ1n) is 6.41. The second-order valence-electron chi connectivity index (χ2n) is 4.64. The van der Waals surface area contributed by atoms with Gasteiger partial charge in [0.05, 0.1) is 0 Å². The molecule has 0 aliphatic heterocycles. The van der Waals surface area contributed by atoms with Gasteiger partial charge in [-0.2, -0.15) is 0 Å². The monoisotopic (exact) mass is 268 g/mol. The van der Waals surface area contributed by atoms with Crippen molar-refractivity contribution in [2.45, 2.75) is 39.3 Å². The number of halogens is 1. The molecule has 0 radical (unpaired) electrons. The lowest BCUT2D eigenvalue weighted by molar-refractivity contribution is -0.123. The second-order valence-corrected chi connectivity index (χ2v) is 4.64. The average Bonchev–Trinajstić information content (AvgIpc) is 2.36. The highest BCUT2D eigenvalue weighted by Gasteiger charge is 2.12. The maximum atomic E-state index is 13.1. The highest BCUT2D eigenvalue weighted by atomic mass is 19.1. The number of ether oxygens (including phenoxy) is 1. The lowest BCUT2D eigenvalue weighted by Gasteiger charge is -2.15. The Kier molecular flexibility index (Phi) is 5.76. The van der Waals surface area contributed by atoms with Crippen molar-refractivity contribution in [1.29, 1.82) is 0 Å². The van der Waals surface area contributed by atoms with Gasteiger partial charge in [0.15, 0.2) is 6.61 Å². The summed E-state index contributed by atoms with van der Waals surface area (Å²) in [7, 11) is 0. The fourth-order valence-electron chi connectivity index (χ4n) is 1.57. The maximum Gasteiger partial charge on any atom is 0.258 e. The predicted molar refractivity (Wildman–Crippen MR) is 72.4 cm³/mol. The van der Waals surface area contributed by atoms with Gasteiger partial charge in [-0.25, -0.2) is 4.39 Å². The van der Waals surface area contributed by atoms with Crippen molar-refractivity contribution in [3.05, 3.63) is 29.6 Å². The molecule has 0 spiro atoms. The second kappa shape index (κ2) is 7.09. The van der Waals surface area contributed by atoms with Crippen LogP contribution in [0.25, 0.3) is 0 Å². The number of hydrogen-bond acceptors (Lipinski definition) is 3. The first-order chi connectivity index (χ1) is 8.93. The smallest absolute Gasteiger partial charge is 0.258 e. The van der Waals surface area contributed by atoms with E-state index < -0.39 is 0 Å². The van der Waals surface area contributed by atoms with Crippen molar-refractivity contribution >= 4 is 5.91 Å². The lowest BCUT2D eigenvalue weighted by atomic mass is 10.1. The van der Waals surface area contributed by atoms with Crippen LogP contribution in [0, 0.1) is 5.82 Å². The number of carbonyl (C=O) groups is 1. The quantitative estimate of drug-likeness (QED) is 0.830. The molecule has 5 heteroatoms. The molecule has 1 aromatic rings. The van der Waals surface area contributed by atoms with Crippen LogP contribution in [-0.2, 0) is 4.79 Å². The van der Waals surface area contributed by atoms with E-state index in [1.807, 2.05) is 13.8 Å². The van der Waals surface area contributed by atoms with Gasteiger partial charge in [-0.05, 0) is 38.5 Å². The van der Waals surface area contributed by atoms with E-state index in [1.165, 1.54) is 18.2 Å². The number of nitrogens with one attached hydrogen (secondary N) is 1. The number of amides is 1. The zero-order valence-electron chi connectivity index (χ0n) is 11.6. The minimum absolute atomic E-state index is 0.101. The van der Waals surface area contributed by atoms with Crippen molar-refractivity contribution in [1.82, 2.24) is 5.32 Å². The number of nitrogens with two attached hydrogens (primary N) is 1. The van der Waals surface area contributed by atoms with Crippen LogP contribution >= 0.6 is 0 Å². The van der Waals surface area contributed by atoms with Gasteiger partial charge in [0.1, 0.15) is 11.6 Å². The van der Waals surface area contributed by atoms with Crippen LogP contribution in [0.5, 0.6) is 5.75 Å². The molecule has 1 amide bonds. The Balaban J connectivity index is 2.65. The molecule has 0 aliphatic carbocycles. The molecule has 3 N–H and O–H groups in total. The Morgan fingerprint density at radius 3 is 2.74 bits per heavy atom. The van der Waals surface area contributed by atoms with Crippen molar-refractivity contribution in [2.75, 3.05) is 6.61 Å². The van der Waals surface area contributed by atoms with E-state index in [0.29, 0.717) is 11.3 Å². The first kappa shape index (κ1) is 15.4. The molecule has 1 aromatic carbocycles. The summed E-state index contributed by atoms with van der Waals surface area (Å²) in [6.45, 7) is 5.54. The third-order valence-corrected chi connectivity index (χ3v) is 2.84. The molecule has 0 fully saturated rings. The van der Waals surface area contributed by atoms with Gasteiger partial charge in [-0.1, -0.05) is 6.92 Å². The largest absolute Gasteiger partial charge is 0.483 e. The maximum absolute atomic E-state index is 13.1. The Morgan fingerprint density at radius 1 is 1.47 bits per heavy atom. The molecule has 0 saturated carbocycles. The van der Waals surface area contributed by atoms with Gasteiger partial charge >= 0.3 is 0 Å². The van der Waals surface area contributed by atoms with Crippen molar-refractivity contribution < 1.29 is 13.9 Å². The normalized spacial score (nSPS) is 13.7. The Morgan fingerprint density at radius 2 is 2.16 bits per heavy atom. The van der Waals surface area contributed by atoms with Gasteiger partial charge in [0.25, 0.3) is 5.91 Å². The van der Waals surface area contributed by atoms with Crippen LogP contribution in [0.2, 0.25) is 0 Å². The molecule has 2 atom stereocenters. The zero-order chi connectivity index (χ0) is 14.4. The van der Waals surface area contributed by atoms with Crippen molar-refractivity contribution in [3.63, 3.8) is 0 Å². The molecule has 0 saturated heterocycles. The van der Waals surface area contributed by atoms with E-state index in [-0.39, 0.29) is 30.4 Å². The third-order valence-electron chi connectivity index (χ3n) is 2.84. The van der Waals surface area contributed by atoms with E-state index in [0.717, 1.165) is 6.42 Å². The van der Waals surface area contributed by atoms with Crippen LogP contribution in [0.15, 0.2) is 18.2 Å². The lowest BCUT2D eigenvalue weighted by Crippen LogP contribution is -2.35. The molecular weight excluding hydrogens is 247 g/mol. The Bertz CT molecular complexity index is 435. The summed E-state index contributed by atoms with van der Waals surface area (Å²) in [4.78, 5) is 11.6. The third kappa shape index (κ3) is 4.87. The van der Waals surface area contributed by atoms with E-state index in [4.69, 9.17) is 10.5 Å². The van der Waals surface area contributed by atoms with E-state index in [1.54, 1.807) is 6.92 Å². The van der Waals surface area contributed by atoms with Gasteiger partial charge < -0.3 is 15.8 Å². The molecule has 19 heavy (non-hydrogen) atoms. The highest BCUT2D eigenvalue weighted by Crippen LogP contribution is 2.24. The van der Waals surface area contributed by atoms with Crippen LogP contribution in [-0.4, -0.2) is 18.6 Å². The molecule has 0 aliphatic rings. The summed E-state index contributed by atoms with van der Waals surface area (Å²) in [5, 5.41) is 2.79. The molecule has 0 aromatic heterocycles. The average molecular weight is 268 g/mol. The standard InChI is InChI=1S/C14H21FN2O2/c1-4-9(2)17-14(18)8-19-13-6-5-11(15)7-12(13)10(3)16/h5-7,9-10H,4,8,16H2,1-3H3,(H,17,18)/t9?,10-/m1/s1. The van der Waals surface area contributed by atoms with Gasteiger partial charge in [0.2, 0.25) is 0 Å². The fraction of sp³-hybridized carbons (Fsp3) is 0.500. The minimum atomic E-state index is -0.372. The van der Waals surface area contributed by atoms with E-state index >= 15 is 0 Å². The molecule has 1 unspecified atom stereocenters. The Labute approximate surface area is 113 Å². The first-order valence-corrected chi connectivity index (χ1v) is 6.41. The van der Waals surface area contributed by atoms with Gasteiger partial charge in [0, 0.05) is 17.6 Å². The fourth-order valence-corrected chi connectivity index (χ4v) is 1.57. The zero-order valence-corrected chi connectivity index (χ0v) is 11.6. The minimum Gasteiger partial charge on any atom is -0.483 e. The van der Waals surface area contributed by atoms with Crippen LogP contribution < -0.4 is 15.8 Å². The summed E-state index contributed by atoms with van der Waals surface area (Å²) in [5.74, 6) is -0.131. The highest BCUT2D eigenvalue weighted by molar-refractivity contribution is 5.77.